The van der Waals surface area contributed by atoms with E-state index in [1.165, 1.54) is 10.1 Å². The van der Waals surface area contributed by atoms with Crippen molar-refractivity contribution in [3.8, 4) is 11.5 Å². The van der Waals surface area contributed by atoms with Crippen LogP contribution in [0.15, 0.2) is 69.5 Å². The summed E-state index contributed by atoms with van der Waals surface area (Å²) in [4.78, 5) is 0.946. The molecule has 0 unspecified atom stereocenters. The molecule has 27 heavy (non-hydrogen) atoms. The molecule has 0 radical (unpaired) electrons. The van der Waals surface area contributed by atoms with Crippen LogP contribution in [0.25, 0.3) is 53.9 Å². The lowest BCUT2D eigenvalue weighted by Crippen LogP contribution is -2.28. The number of rotatable bonds is 1. The average Bonchev–Trinajstić information content (AvgIpc) is 3.32. The molecule has 0 N–H and O–H groups in total. The van der Waals surface area contributed by atoms with Crippen molar-refractivity contribution in [2.24, 2.45) is 7.05 Å². The number of nitrogens with zero attached hydrogens (tertiary/aromatic N) is 1. The molecule has 0 aliphatic rings. The van der Waals surface area contributed by atoms with Crippen LogP contribution in [0.3, 0.4) is 0 Å². The topological polar surface area (TPSA) is 30.2 Å². The van der Waals surface area contributed by atoms with E-state index in [-0.39, 0.29) is 0 Å². The summed E-state index contributed by atoms with van der Waals surface area (Å²) >= 11 is 1.69. The van der Waals surface area contributed by atoms with Crippen molar-refractivity contribution in [1.82, 2.24) is 0 Å². The smallest absolute Gasteiger partial charge is 0.386 e. The summed E-state index contributed by atoms with van der Waals surface area (Å²) < 4.78 is 16.0. The van der Waals surface area contributed by atoms with E-state index in [1.807, 2.05) is 18.2 Å². The number of benzene rings is 3. The molecule has 3 aromatic carbocycles. The van der Waals surface area contributed by atoms with Gasteiger partial charge in [-0.2, -0.15) is 4.57 Å². The number of thiophene rings is 1. The van der Waals surface area contributed by atoms with Crippen molar-refractivity contribution < 1.29 is 13.4 Å². The zero-order valence-corrected chi connectivity index (χ0v) is 15.8. The second-order valence-electron chi connectivity index (χ2n) is 6.93. The van der Waals surface area contributed by atoms with E-state index in [2.05, 4.69) is 61.0 Å². The fraction of sp³-hybridized carbons (Fsp3) is 0.0870. The molecule has 0 fully saturated rings. The maximum absolute atomic E-state index is 6.38. The van der Waals surface area contributed by atoms with Gasteiger partial charge in [-0.1, -0.05) is 53.8 Å². The normalized spacial score (nSPS) is 12.1. The molecule has 6 aromatic rings. The summed E-state index contributed by atoms with van der Waals surface area (Å²) in [6.07, 6.45) is 0. The summed E-state index contributed by atoms with van der Waals surface area (Å²) in [5.74, 6) is 0.837. The number of oxazole rings is 1. The van der Waals surface area contributed by atoms with Crippen molar-refractivity contribution in [3.05, 3.63) is 66.2 Å². The Labute approximate surface area is 159 Å². The Balaban J connectivity index is 1.75. The maximum atomic E-state index is 6.38. The van der Waals surface area contributed by atoms with E-state index >= 15 is 0 Å². The highest BCUT2D eigenvalue weighted by atomic mass is 32.1. The first-order valence-electron chi connectivity index (χ1n) is 8.93. The number of furan rings is 1. The molecule has 3 nitrogen and oxygen atoms in total. The van der Waals surface area contributed by atoms with Gasteiger partial charge in [-0.05, 0) is 30.7 Å². The van der Waals surface area contributed by atoms with Crippen molar-refractivity contribution in [3.63, 3.8) is 0 Å². The highest BCUT2D eigenvalue weighted by molar-refractivity contribution is 7.25. The number of aromatic nitrogens is 1. The van der Waals surface area contributed by atoms with Crippen molar-refractivity contribution in [2.75, 3.05) is 0 Å². The van der Waals surface area contributed by atoms with Crippen LogP contribution in [0.1, 0.15) is 5.56 Å². The van der Waals surface area contributed by atoms with Gasteiger partial charge in [0.1, 0.15) is 18.2 Å². The molecule has 0 aliphatic heterocycles. The van der Waals surface area contributed by atoms with E-state index in [4.69, 9.17) is 8.83 Å². The van der Waals surface area contributed by atoms with Crippen LogP contribution >= 0.6 is 11.3 Å². The van der Waals surface area contributed by atoms with E-state index < -0.39 is 0 Å². The van der Waals surface area contributed by atoms with E-state index in [1.54, 1.807) is 11.3 Å². The van der Waals surface area contributed by atoms with E-state index in [9.17, 15) is 0 Å². The van der Waals surface area contributed by atoms with E-state index in [0.717, 1.165) is 49.4 Å². The van der Waals surface area contributed by atoms with Crippen LogP contribution in [-0.4, -0.2) is 0 Å². The average molecular weight is 370 g/mol. The number of hydrogen-bond acceptors (Lipinski definition) is 3. The van der Waals surface area contributed by atoms with Gasteiger partial charge < -0.3 is 8.83 Å². The summed E-state index contributed by atoms with van der Waals surface area (Å²) in [6, 6.07) is 20.9. The maximum Gasteiger partial charge on any atom is 0.386 e. The largest absolute Gasteiger partial charge is 0.455 e. The molecule has 130 valence electrons. The molecule has 0 amide bonds. The van der Waals surface area contributed by atoms with Crippen LogP contribution in [0, 0.1) is 6.92 Å². The van der Waals surface area contributed by atoms with Crippen LogP contribution in [0.4, 0.5) is 0 Å². The standard InChI is InChI=1S/C23H16NO2S/c1-13-11-12-15-14-7-3-5-9-17(14)25-21(15)19(13)22-24(2)20-16-8-4-6-10-18(16)27-23(20)26-22/h3-12H,1-2H3/q+1. The highest BCUT2D eigenvalue weighted by Gasteiger charge is 2.29. The molecule has 3 aromatic heterocycles. The zero-order chi connectivity index (χ0) is 18.1. The minimum atomic E-state index is 0.837. The summed E-state index contributed by atoms with van der Waals surface area (Å²) in [5, 5.41) is 3.48. The molecule has 6 rings (SSSR count). The fourth-order valence-corrected chi connectivity index (χ4v) is 5.11. The van der Waals surface area contributed by atoms with Gasteiger partial charge in [0.15, 0.2) is 5.58 Å². The summed E-state index contributed by atoms with van der Waals surface area (Å²) in [6.45, 7) is 2.11. The molecule has 0 spiro atoms. The number of para-hydroxylation sites is 1. The van der Waals surface area contributed by atoms with Crippen LogP contribution < -0.4 is 4.57 Å². The Morgan fingerprint density at radius 3 is 2.48 bits per heavy atom. The van der Waals surface area contributed by atoms with Gasteiger partial charge in [-0.15, -0.1) is 0 Å². The Hall–Kier alpha value is -3.11. The van der Waals surface area contributed by atoms with Crippen LogP contribution in [-0.2, 0) is 7.05 Å². The van der Waals surface area contributed by atoms with Crippen LogP contribution in [0.5, 0.6) is 0 Å². The Morgan fingerprint density at radius 2 is 1.59 bits per heavy atom. The van der Waals surface area contributed by atoms with Gasteiger partial charge in [-0.25, -0.2) is 0 Å². The van der Waals surface area contributed by atoms with Crippen molar-refractivity contribution in [2.45, 2.75) is 6.92 Å². The SMILES string of the molecule is Cc1ccc2c(oc3ccccc32)c1-c1oc2sc3ccccc3c2[n+]1C. The molecule has 0 atom stereocenters. The van der Waals surface area contributed by atoms with Gasteiger partial charge in [0.25, 0.3) is 10.4 Å². The third kappa shape index (κ3) is 1.93. The van der Waals surface area contributed by atoms with Crippen molar-refractivity contribution in [1.29, 1.82) is 0 Å². The Bertz CT molecular complexity index is 1500. The number of hydrogen-bond donors (Lipinski definition) is 0. The third-order valence-electron chi connectivity index (χ3n) is 5.34. The molecule has 0 saturated heterocycles. The second-order valence-corrected chi connectivity index (χ2v) is 7.95. The lowest BCUT2D eigenvalue weighted by atomic mass is 10.0. The second kappa shape index (κ2) is 5.21. The molecular weight excluding hydrogens is 354 g/mol. The first-order valence-corrected chi connectivity index (χ1v) is 9.75. The van der Waals surface area contributed by atoms with Gasteiger partial charge in [0, 0.05) is 15.5 Å². The molecular formula is C23H16NO2S+. The minimum absolute atomic E-state index is 0.837. The Kier molecular flexibility index (Phi) is 2.89. The lowest BCUT2D eigenvalue weighted by Gasteiger charge is -2.01. The molecule has 4 heteroatoms. The van der Waals surface area contributed by atoms with Gasteiger partial charge in [0.2, 0.25) is 0 Å². The van der Waals surface area contributed by atoms with Crippen LogP contribution in [0.2, 0.25) is 0 Å². The number of fused-ring (bicyclic) bond motifs is 6. The predicted octanol–water partition coefficient (Wildman–Crippen LogP) is 6.35. The highest BCUT2D eigenvalue weighted by Crippen LogP contribution is 2.40. The Morgan fingerprint density at radius 1 is 0.815 bits per heavy atom. The predicted molar refractivity (Wildman–Crippen MR) is 110 cm³/mol. The first kappa shape index (κ1) is 15.0. The van der Waals surface area contributed by atoms with E-state index in [0.29, 0.717) is 0 Å². The first-order chi connectivity index (χ1) is 13.2. The molecule has 0 aliphatic carbocycles. The van der Waals surface area contributed by atoms with Gasteiger partial charge >= 0.3 is 5.89 Å². The molecule has 0 saturated carbocycles. The quantitative estimate of drug-likeness (QED) is 0.316. The van der Waals surface area contributed by atoms with Gasteiger partial charge in [0.05, 0.1) is 5.39 Å². The van der Waals surface area contributed by atoms with Gasteiger partial charge in [-0.3, -0.25) is 0 Å². The zero-order valence-electron chi connectivity index (χ0n) is 14.9. The summed E-state index contributed by atoms with van der Waals surface area (Å²) in [5.41, 5.74) is 5.10. The molecule has 0 bridgehead atoms. The monoisotopic (exact) mass is 370 g/mol. The lowest BCUT2D eigenvalue weighted by molar-refractivity contribution is -0.636. The third-order valence-corrected chi connectivity index (χ3v) is 6.37. The fourth-order valence-electron chi connectivity index (χ4n) is 4.03. The molecule has 3 heterocycles. The summed E-state index contributed by atoms with van der Waals surface area (Å²) in [7, 11) is 2.07. The minimum Gasteiger partial charge on any atom is -0.455 e. The number of aryl methyl sites for hydroxylation is 2. The van der Waals surface area contributed by atoms with Crippen molar-refractivity contribution >= 4 is 53.8 Å².